The average Bonchev–Trinajstić information content (AvgIpc) is 2.64. The molecule has 2 N–H and O–H groups in total. The number of nitrogens with one attached hydrogen (secondary N) is 2. The summed E-state index contributed by atoms with van der Waals surface area (Å²) in [6.45, 7) is 0.713. The molecule has 2 aromatic carbocycles. The molecule has 0 atom stereocenters. The van der Waals surface area contributed by atoms with E-state index in [4.69, 9.17) is 11.6 Å². The van der Waals surface area contributed by atoms with Crippen LogP contribution in [0.25, 0.3) is 0 Å². The normalized spacial score (nSPS) is 10.3. The lowest BCUT2D eigenvalue weighted by molar-refractivity contribution is 0.102. The molecule has 0 unspecified atom stereocenters. The van der Waals surface area contributed by atoms with Gasteiger partial charge in [-0.2, -0.15) is 0 Å². The van der Waals surface area contributed by atoms with E-state index < -0.39 is 0 Å². The van der Waals surface area contributed by atoms with Crippen molar-refractivity contribution in [3.63, 3.8) is 0 Å². The summed E-state index contributed by atoms with van der Waals surface area (Å²) >= 11 is 5.97. The standard InChI is InChI=1S/C19H17ClN4O/c20-16-8-4-5-14(13-16)11-12-21-17-9-10-18(24-23-17)22-19(25)15-6-2-1-3-7-15/h1-10,13H,11-12H2,(H,21,23)(H,22,24,25). The highest BCUT2D eigenvalue weighted by Crippen LogP contribution is 2.12. The van der Waals surface area contributed by atoms with E-state index in [0.29, 0.717) is 23.7 Å². The molecular formula is C19H17ClN4O. The van der Waals surface area contributed by atoms with Gasteiger partial charge in [0.15, 0.2) is 5.82 Å². The Bertz CT molecular complexity index is 838. The van der Waals surface area contributed by atoms with Crippen LogP contribution in [0.3, 0.4) is 0 Å². The van der Waals surface area contributed by atoms with Crippen molar-refractivity contribution in [3.05, 3.63) is 82.9 Å². The Hall–Kier alpha value is -2.92. The number of rotatable bonds is 6. The molecule has 3 rings (SSSR count). The first-order valence-electron chi connectivity index (χ1n) is 7.89. The third kappa shape index (κ3) is 5.02. The van der Waals surface area contributed by atoms with Gasteiger partial charge in [0, 0.05) is 17.1 Å². The van der Waals surface area contributed by atoms with Crippen LogP contribution in [-0.2, 0) is 6.42 Å². The summed E-state index contributed by atoms with van der Waals surface area (Å²) in [7, 11) is 0. The molecule has 0 spiro atoms. The summed E-state index contributed by atoms with van der Waals surface area (Å²) < 4.78 is 0. The molecular weight excluding hydrogens is 336 g/mol. The van der Waals surface area contributed by atoms with E-state index in [9.17, 15) is 4.79 Å². The van der Waals surface area contributed by atoms with Gasteiger partial charge in [0.1, 0.15) is 5.82 Å². The van der Waals surface area contributed by atoms with E-state index >= 15 is 0 Å². The van der Waals surface area contributed by atoms with Gasteiger partial charge in [-0.15, -0.1) is 10.2 Å². The topological polar surface area (TPSA) is 66.9 Å². The fraction of sp³-hybridized carbons (Fsp3) is 0.105. The summed E-state index contributed by atoms with van der Waals surface area (Å²) in [5, 5.41) is 14.7. The minimum atomic E-state index is -0.212. The Morgan fingerprint density at radius 3 is 2.40 bits per heavy atom. The number of carbonyl (C=O) groups is 1. The van der Waals surface area contributed by atoms with Crippen molar-refractivity contribution in [1.29, 1.82) is 0 Å². The lowest BCUT2D eigenvalue weighted by atomic mass is 10.1. The van der Waals surface area contributed by atoms with Crippen LogP contribution in [0.2, 0.25) is 5.02 Å². The molecule has 0 fully saturated rings. The molecule has 126 valence electrons. The number of anilines is 2. The van der Waals surface area contributed by atoms with E-state index in [0.717, 1.165) is 17.0 Å². The number of amides is 1. The Balaban J connectivity index is 1.51. The van der Waals surface area contributed by atoms with Crippen molar-refractivity contribution >= 4 is 29.1 Å². The highest BCUT2D eigenvalue weighted by Gasteiger charge is 2.06. The maximum atomic E-state index is 12.1. The maximum absolute atomic E-state index is 12.1. The molecule has 5 nitrogen and oxygen atoms in total. The van der Waals surface area contributed by atoms with Crippen molar-refractivity contribution < 1.29 is 4.79 Å². The molecule has 0 saturated heterocycles. The molecule has 0 radical (unpaired) electrons. The lowest BCUT2D eigenvalue weighted by Gasteiger charge is -2.07. The number of nitrogens with zero attached hydrogens (tertiary/aromatic N) is 2. The van der Waals surface area contributed by atoms with Gasteiger partial charge in [-0.05, 0) is 48.4 Å². The lowest BCUT2D eigenvalue weighted by Crippen LogP contribution is -2.14. The van der Waals surface area contributed by atoms with Gasteiger partial charge >= 0.3 is 0 Å². The predicted octanol–water partition coefficient (Wildman–Crippen LogP) is 4.04. The SMILES string of the molecule is O=C(Nc1ccc(NCCc2cccc(Cl)c2)nn1)c1ccccc1. The van der Waals surface area contributed by atoms with Crippen LogP contribution in [0.4, 0.5) is 11.6 Å². The van der Waals surface area contributed by atoms with Crippen molar-refractivity contribution in [2.45, 2.75) is 6.42 Å². The first-order chi connectivity index (χ1) is 12.2. The molecule has 1 aromatic heterocycles. The molecule has 0 aliphatic rings. The zero-order chi connectivity index (χ0) is 17.5. The summed E-state index contributed by atoms with van der Waals surface area (Å²) in [5.41, 5.74) is 1.73. The summed E-state index contributed by atoms with van der Waals surface area (Å²) in [6, 6.07) is 20.2. The second kappa shape index (κ2) is 8.26. The summed E-state index contributed by atoms with van der Waals surface area (Å²) in [4.78, 5) is 12.1. The number of carbonyl (C=O) groups excluding carboxylic acids is 1. The number of aromatic nitrogens is 2. The molecule has 25 heavy (non-hydrogen) atoms. The van der Waals surface area contributed by atoms with Crippen LogP contribution in [0.5, 0.6) is 0 Å². The third-order valence-corrected chi connectivity index (χ3v) is 3.79. The van der Waals surface area contributed by atoms with E-state index in [1.165, 1.54) is 0 Å². The maximum Gasteiger partial charge on any atom is 0.256 e. The highest BCUT2D eigenvalue weighted by molar-refractivity contribution is 6.30. The molecule has 0 saturated carbocycles. The zero-order valence-corrected chi connectivity index (χ0v) is 14.2. The van der Waals surface area contributed by atoms with E-state index in [-0.39, 0.29) is 5.91 Å². The molecule has 1 amide bonds. The van der Waals surface area contributed by atoms with Crippen LogP contribution in [0.15, 0.2) is 66.7 Å². The fourth-order valence-corrected chi connectivity index (χ4v) is 2.51. The zero-order valence-electron chi connectivity index (χ0n) is 13.4. The van der Waals surface area contributed by atoms with Crippen LogP contribution < -0.4 is 10.6 Å². The fourth-order valence-electron chi connectivity index (χ4n) is 2.30. The van der Waals surface area contributed by atoms with Crippen molar-refractivity contribution in [2.75, 3.05) is 17.2 Å². The Morgan fingerprint density at radius 2 is 1.68 bits per heavy atom. The molecule has 0 aliphatic heterocycles. The van der Waals surface area contributed by atoms with Crippen molar-refractivity contribution in [2.24, 2.45) is 0 Å². The Labute approximate surface area is 151 Å². The predicted molar refractivity (Wildman–Crippen MR) is 100 cm³/mol. The van der Waals surface area contributed by atoms with Crippen molar-refractivity contribution in [3.8, 4) is 0 Å². The summed E-state index contributed by atoms with van der Waals surface area (Å²) in [5.74, 6) is 0.852. The molecule has 1 heterocycles. The van der Waals surface area contributed by atoms with Crippen LogP contribution in [0.1, 0.15) is 15.9 Å². The Morgan fingerprint density at radius 1 is 0.920 bits per heavy atom. The molecule has 0 aliphatic carbocycles. The number of benzene rings is 2. The van der Waals surface area contributed by atoms with Gasteiger partial charge in [-0.1, -0.05) is 41.9 Å². The second-order valence-electron chi connectivity index (χ2n) is 5.43. The smallest absolute Gasteiger partial charge is 0.256 e. The highest BCUT2D eigenvalue weighted by atomic mass is 35.5. The molecule has 3 aromatic rings. The van der Waals surface area contributed by atoms with Crippen LogP contribution >= 0.6 is 11.6 Å². The average molecular weight is 353 g/mol. The number of hydrogen-bond acceptors (Lipinski definition) is 4. The number of hydrogen-bond donors (Lipinski definition) is 2. The van der Waals surface area contributed by atoms with Gasteiger partial charge in [0.2, 0.25) is 0 Å². The first kappa shape index (κ1) is 16.9. The van der Waals surface area contributed by atoms with Crippen LogP contribution in [-0.4, -0.2) is 22.6 Å². The second-order valence-corrected chi connectivity index (χ2v) is 5.87. The van der Waals surface area contributed by atoms with Gasteiger partial charge in [0.25, 0.3) is 5.91 Å². The minimum absolute atomic E-state index is 0.212. The third-order valence-electron chi connectivity index (χ3n) is 3.55. The van der Waals surface area contributed by atoms with Gasteiger partial charge < -0.3 is 10.6 Å². The van der Waals surface area contributed by atoms with Gasteiger partial charge in [-0.25, -0.2) is 0 Å². The number of halogens is 1. The van der Waals surface area contributed by atoms with Crippen molar-refractivity contribution in [1.82, 2.24) is 10.2 Å². The van der Waals surface area contributed by atoms with E-state index in [2.05, 4.69) is 20.8 Å². The molecule has 0 bridgehead atoms. The minimum Gasteiger partial charge on any atom is -0.368 e. The van der Waals surface area contributed by atoms with Crippen LogP contribution in [0, 0.1) is 0 Å². The van der Waals surface area contributed by atoms with E-state index in [1.54, 1.807) is 24.3 Å². The first-order valence-corrected chi connectivity index (χ1v) is 8.27. The monoisotopic (exact) mass is 352 g/mol. The molecule has 6 heteroatoms. The van der Waals surface area contributed by atoms with E-state index in [1.807, 2.05) is 42.5 Å². The van der Waals surface area contributed by atoms with Gasteiger partial charge in [-0.3, -0.25) is 4.79 Å². The largest absolute Gasteiger partial charge is 0.368 e. The Kier molecular flexibility index (Phi) is 5.59. The van der Waals surface area contributed by atoms with Gasteiger partial charge in [0.05, 0.1) is 0 Å². The summed E-state index contributed by atoms with van der Waals surface area (Å²) in [6.07, 6.45) is 0.828. The quantitative estimate of drug-likeness (QED) is 0.702.